The van der Waals surface area contributed by atoms with Crippen LogP contribution in [0.25, 0.3) is 0 Å². The van der Waals surface area contributed by atoms with E-state index in [-0.39, 0.29) is 11.3 Å². The molecule has 0 radical (unpaired) electrons. The zero-order chi connectivity index (χ0) is 20.9. The van der Waals surface area contributed by atoms with Crippen molar-refractivity contribution in [2.45, 2.75) is 51.7 Å². The molecule has 12 heteroatoms. The Morgan fingerprint density at radius 1 is 1.32 bits per heavy atom. The number of carbonyl (C=O) groups is 3. The molecule has 1 saturated heterocycles. The van der Waals surface area contributed by atoms with Crippen LogP contribution >= 0.6 is 0 Å². The maximum absolute atomic E-state index is 12.9. The van der Waals surface area contributed by atoms with Gasteiger partial charge in [0.05, 0.1) is 0 Å². The molecule has 1 aromatic heterocycles. The van der Waals surface area contributed by atoms with Gasteiger partial charge in [-0.2, -0.15) is 18.2 Å². The van der Waals surface area contributed by atoms with E-state index < -0.39 is 47.9 Å². The Labute approximate surface area is 158 Å². The molecule has 3 rings (SSSR count). The summed E-state index contributed by atoms with van der Waals surface area (Å²) in [7, 11) is 0. The second-order valence-electron chi connectivity index (χ2n) is 8.31. The summed E-state index contributed by atoms with van der Waals surface area (Å²) in [5.41, 5.74) is -1.22. The van der Waals surface area contributed by atoms with Gasteiger partial charge in [0.2, 0.25) is 17.7 Å². The lowest BCUT2D eigenvalue weighted by Crippen LogP contribution is -2.54. The van der Waals surface area contributed by atoms with Crippen molar-refractivity contribution in [1.82, 2.24) is 25.4 Å². The highest BCUT2D eigenvalue weighted by Gasteiger charge is 2.56. The molecule has 0 bridgehead atoms. The maximum atomic E-state index is 12.9. The summed E-state index contributed by atoms with van der Waals surface area (Å²) < 4.78 is 37.5. The molecule has 1 aliphatic heterocycles. The molecule has 1 spiro atoms. The first-order valence-corrected chi connectivity index (χ1v) is 8.75. The number of rotatable bonds is 3. The number of aromatic nitrogens is 3. The van der Waals surface area contributed by atoms with E-state index in [0.29, 0.717) is 12.8 Å². The van der Waals surface area contributed by atoms with E-state index in [1.165, 1.54) is 0 Å². The molecule has 154 valence electrons. The number of amides is 4. The van der Waals surface area contributed by atoms with Crippen molar-refractivity contribution >= 4 is 23.8 Å². The predicted octanol–water partition coefficient (Wildman–Crippen LogP) is 1.90. The van der Waals surface area contributed by atoms with Crippen LogP contribution in [0, 0.1) is 11.3 Å². The van der Waals surface area contributed by atoms with Crippen LogP contribution in [0.4, 0.5) is 23.9 Å². The van der Waals surface area contributed by atoms with E-state index in [4.69, 9.17) is 0 Å². The molecule has 2 atom stereocenters. The third-order valence-electron chi connectivity index (χ3n) is 4.93. The Hall–Kier alpha value is -2.66. The fourth-order valence-corrected chi connectivity index (χ4v) is 4.40. The molecule has 2 unspecified atom stereocenters. The minimum Gasteiger partial charge on any atom is -0.323 e. The van der Waals surface area contributed by atoms with Crippen LogP contribution in [-0.4, -0.2) is 50.0 Å². The molecule has 1 saturated carbocycles. The van der Waals surface area contributed by atoms with Gasteiger partial charge in [0.25, 0.3) is 5.91 Å². The zero-order valence-electron chi connectivity index (χ0n) is 15.6. The van der Waals surface area contributed by atoms with Gasteiger partial charge in [-0.1, -0.05) is 20.8 Å². The van der Waals surface area contributed by atoms with Gasteiger partial charge >= 0.3 is 12.2 Å². The smallest absolute Gasteiger partial charge is 0.323 e. The number of imide groups is 1. The van der Waals surface area contributed by atoms with Gasteiger partial charge in [0.1, 0.15) is 12.1 Å². The number of hydrogen-bond donors (Lipinski definition) is 3. The first-order valence-electron chi connectivity index (χ1n) is 8.75. The van der Waals surface area contributed by atoms with E-state index in [0.717, 1.165) is 11.3 Å². The van der Waals surface area contributed by atoms with Gasteiger partial charge in [0.15, 0.2) is 0 Å². The van der Waals surface area contributed by atoms with E-state index in [9.17, 15) is 27.6 Å². The minimum absolute atomic E-state index is 0.161. The third kappa shape index (κ3) is 3.80. The molecular weight excluding hydrogens is 381 g/mol. The van der Waals surface area contributed by atoms with E-state index in [2.05, 4.69) is 20.7 Å². The number of nitrogens with zero attached hydrogens (tertiary/aromatic N) is 3. The first-order chi connectivity index (χ1) is 12.8. The van der Waals surface area contributed by atoms with Crippen molar-refractivity contribution < 1.29 is 27.6 Å². The lowest BCUT2D eigenvalue weighted by molar-refractivity contribution is -0.144. The summed E-state index contributed by atoms with van der Waals surface area (Å²) in [5, 5.41) is 9.69. The Kier molecular flexibility index (Phi) is 4.63. The molecule has 2 aliphatic rings. The lowest BCUT2D eigenvalue weighted by Gasteiger charge is -2.43. The number of aromatic amines is 1. The molecule has 2 heterocycles. The van der Waals surface area contributed by atoms with Crippen molar-refractivity contribution in [2.24, 2.45) is 11.3 Å². The number of H-pyrrole nitrogens is 1. The number of nitrogens with one attached hydrogen (secondary N) is 3. The van der Waals surface area contributed by atoms with Crippen LogP contribution in [0.3, 0.4) is 0 Å². The second kappa shape index (κ2) is 6.45. The van der Waals surface area contributed by atoms with Gasteiger partial charge in [-0.25, -0.2) is 4.79 Å². The fourth-order valence-electron chi connectivity index (χ4n) is 4.40. The molecule has 1 aliphatic carbocycles. The SMILES string of the molecule is CC1CC(C)(C)CC2(C1)NC(=O)N(CC(=O)Nc1n[nH]c(C(F)(F)F)n1)C2=O. The van der Waals surface area contributed by atoms with Crippen molar-refractivity contribution in [3.63, 3.8) is 0 Å². The van der Waals surface area contributed by atoms with Crippen molar-refractivity contribution in [3.8, 4) is 0 Å². The Bertz CT molecular complexity index is 821. The average molecular weight is 402 g/mol. The van der Waals surface area contributed by atoms with Crippen LogP contribution in [0.1, 0.15) is 45.9 Å². The topological polar surface area (TPSA) is 120 Å². The number of urea groups is 1. The highest BCUT2D eigenvalue weighted by molar-refractivity contribution is 6.10. The largest absolute Gasteiger partial charge is 0.451 e. The van der Waals surface area contributed by atoms with E-state index in [1.54, 1.807) is 5.10 Å². The summed E-state index contributed by atoms with van der Waals surface area (Å²) >= 11 is 0. The first kappa shape index (κ1) is 20.1. The Morgan fingerprint density at radius 2 is 2.00 bits per heavy atom. The number of halogens is 3. The van der Waals surface area contributed by atoms with Crippen molar-refractivity contribution in [3.05, 3.63) is 5.82 Å². The number of carbonyl (C=O) groups excluding carboxylic acids is 3. The Morgan fingerprint density at radius 3 is 2.57 bits per heavy atom. The monoisotopic (exact) mass is 402 g/mol. The predicted molar refractivity (Wildman–Crippen MR) is 89.8 cm³/mol. The lowest BCUT2D eigenvalue weighted by atomic mass is 9.64. The molecule has 2 fully saturated rings. The Balaban J connectivity index is 1.69. The van der Waals surface area contributed by atoms with Crippen LogP contribution in [0.15, 0.2) is 0 Å². The molecule has 28 heavy (non-hydrogen) atoms. The molecule has 0 aromatic carbocycles. The summed E-state index contributed by atoms with van der Waals surface area (Å²) in [4.78, 5) is 41.3. The average Bonchev–Trinajstić information content (AvgIpc) is 3.04. The highest BCUT2D eigenvalue weighted by Crippen LogP contribution is 2.46. The van der Waals surface area contributed by atoms with Gasteiger partial charge in [0, 0.05) is 0 Å². The summed E-state index contributed by atoms with van der Waals surface area (Å²) in [6.07, 6.45) is -2.92. The number of alkyl halides is 3. The summed E-state index contributed by atoms with van der Waals surface area (Å²) in [6, 6.07) is -0.698. The molecule has 9 nitrogen and oxygen atoms in total. The number of anilines is 1. The molecule has 4 amide bonds. The third-order valence-corrected chi connectivity index (χ3v) is 4.93. The van der Waals surface area contributed by atoms with Gasteiger partial charge in [-0.05, 0) is 30.6 Å². The summed E-state index contributed by atoms with van der Waals surface area (Å²) in [5.74, 6) is -3.13. The van der Waals surface area contributed by atoms with Gasteiger partial charge in [-0.3, -0.25) is 24.9 Å². The maximum Gasteiger partial charge on any atom is 0.451 e. The van der Waals surface area contributed by atoms with E-state index in [1.807, 2.05) is 20.8 Å². The van der Waals surface area contributed by atoms with Crippen molar-refractivity contribution in [1.29, 1.82) is 0 Å². The van der Waals surface area contributed by atoms with Crippen LogP contribution < -0.4 is 10.6 Å². The van der Waals surface area contributed by atoms with Crippen LogP contribution in [0.5, 0.6) is 0 Å². The van der Waals surface area contributed by atoms with Gasteiger partial charge in [-0.15, -0.1) is 5.10 Å². The minimum atomic E-state index is -4.74. The normalized spacial score (nSPS) is 27.2. The quantitative estimate of drug-likeness (QED) is 0.667. The fraction of sp³-hybridized carbons (Fsp3) is 0.688. The van der Waals surface area contributed by atoms with Gasteiger partial charge < -0.3 is 5.32 Å². The standard InChI is InChI=1S/C16H21F3N6O3/c1-8-4-14(2,3)7-15(5-8)11(27)25(13(28)22-15)6-9(26)20-12-21-10(23-24-12)16(17,18)19/h8H,4-7H2,1-3H3,(H,22,28)(H2,20,21,23,24,26). The summed E-state index contributed by atoms with van der Waals surface area (Å²) in [6.45, 7) is 5.39. The zero-order valence-corrected chi connectivity index (χ0v) is 15.6. The van der Waals surface area contributed by atoms with E-state index >= 15 is 0 Å². The molecule has 1 aromatic rings. The molecular formula is C16H21F3N6O3. The van der Waals surface area contributed by atoms with Crippen molar-refractivity contribution in [2.75, 3.05) is 11.9 Å². The molecule has 3 N–H and O–H groups in total. The second-order valence-corrected chi connectivity index (χ2v) is 8.31. The number of hydrogen-bond acceptors (Lipinski definition) is 5. The van der Waals surface area contributed by atoms with Crippen LogP contribution in [-0.2, 0) is 15.8 Å². The van der Waals surface area contributed by atoms with Crippen LogP contribution in [0.2, 0.25) is 0 Å². The highest BCUT2D eigenvalue weighted by atomic mass is 19.4.